The maximum atomic E-state index is 13.1. The van der Waals surface area contributed by atoms with Crippen molar-refractivity contribution in [2.45, 2.75) is 52.4 Å². The molecule has 1 N–H and O–H groups in total. The molecule has 0 aromatic heterocycles. The van der Waals surface area contributed by atoms with Crippen LogP contribution in [0, 0.1) is 23.2 Å². The SMILES string of the molecule is C=C(C)[C@@H]1C[C@@H](C)[C@](C)([C@H]2C[C@@H]3CCO[C@@H]3O2)C(=O)/C1=C\O. The van der Waals surface area contributed by atoms with Crippen molar-refractivity contribution < 1.29 is 19.4 Å². The summed E-state index contributed by atoms with van der Waals surface area (Å²) in [6.45, 7) is 10.8. The van der Waals surface area contributed by atoms with E-state index in [2.05, 4.69) is 13.5 Å². The first kappa shape index (κ1) is 15.8. The highest BCUT2D eigenvalue weighted by Crippen LogP contribution is 2.52. The van der Waals surface area contributed by atoms with Crippen molar-refractivity contribution in [2.75, 3.05) is 6.61 Å². The third kappa shape index (κ3) is 2.16. The molecule has 1 saturated carbocycles. The number of carbonyl (C=O) groups excluding carboxylic acids is 1. The van der Waals surface area contributed by atoms with Gasteiger partial charge in [0.1, 0.15) is 0 Å². The quantitative estimate of drug-likeness (QED) is 0.483. The topological polar surface area (TPSA) is 55.8 Å². The van der Waals surface area contributed by atoms with Crippen LogP contribution in [-0.4, -0.2) is 29.9 Å². The Labute approximate surface area is 132 Å². The third-order valence-electron chi connectivity index (χ3n) is 6.11. The minimum atomic E-state index is -0.603. The van der Waals surface area contributed by atoms with Crippen LogP contribution in [-0.2, 0) is 14.3 Å². The molecular formula is C18H26O4. The van der Waals surface area contributed by atoms with E-state index in [1.165, 1.54) is 0 Å². The molecule has 0 radical (unpaired) electrons. The Morgan fingerprint density at radius 1 is 1.45 bits per heavy atom. The average molecular weight is 306 g/mol. The molecule has 0 bridgehead atoms. The van der Waals surface area contributed by atoms with Gasteiger partial charge in [-0.2, -0.15) is 0 Å². The molecule has 2 saturated heterocycles. The zero-order chi connectivity index (χ0) is 16.1. The Morgan fingerprint density at radius 2 is 2.18 bits per heavy atom. The number of ketones is 1. The second kappa shape index (κ2) is 5.50. The predicted molar refractivity (Wildman–Crippen MR) is 83.2 cm³/mol. The molecule has 3 rings (SSSR count). The smallest absolute Gasteiger partial charge is 0.171 e. The summed E-state index contributed by atoms with van der Waals surface area (Å²) in [5, 5.41) is 9.61. The zero-order valence-electron chi connectivity index (χ0n) is 13.7. The maximum absolute atomic E-state index is 13.1. The van der Waals surface area contributed by atoms with Gasteiger partial charge in [0.15, 0.2) is 12.1 Å². The summed E-state index contributed by atoms with van der Waals surface area (Å²) in [7, 11) is 0. The summed E-state index contributed by atoms with van der Waals surface area (Å²) >= 11 is 0. The fourth-order valence-electron chi connectivity index (χ4n) is 4.36. The Morgan fingerprint density at radius 3 is 2.77 bits per heavy atom. The summed E-state index contributed by atoms with van der Waals surface area (Å²) in [5.74, 6) is 0.529. The summed E-state index contributed by atoms with van der Waals surface area (Å²) in [6.07, 6.45) is 3.40. The first-order valence-corrected chi connectivity index (χ1v) is 8.21. The van der Waals surface area contributed by atoms with Gasteiger partial charge in [-0.3, -0.25) is 4.79 Å². The molecule has 3 aliphatic rings. The van der Waals surface area contributed by atoms with Gasteiger partial charge in [0, 0.05) is 17.4 Å². The van der Waals surface area contributed by atoms with Gasteiger partial charge in [0.05, 0.1) is 24.4 Å². The molecule has 2 heterocycles. The Bertz CT molecular complexity index is 511. The van der Waals surface area contributed by atoms with Crippen LogP contribution in [0.15, 0.2) is 24.0 Å². The minimum absolute atomic E-state index is 0.00623. The largest absolute Gasteiger partial charge is 0.515 e. The number of ether oxygens (including phenoxy) is 2. The van der Waals surface area contributed by atoms with E-state index in [1.807, 2.05) is 13.8 Å². The monoisotopic (exact) mass is 306 g/mol. The number of Topliss-reactive ketones (excluding diaryl/α,β-unsaturated/α-hetero) is 1. The van der Waals surface area contributed by atoms with Crippen molar-refractivity contribution >= 4 is 5.78 Å². The highest BCUT2D eigenvalue weighted by atomic mass is 16.7. The average Bonchev–Trinajstić information content (AvgIpc) is 3.05. The molecule has 3 fully saturated rings. The fraction of sp³-hybridized carbons (Fsp3) is 0.722. The molecule has 1 aliphatic carbocycles. The van der Waals surface area contributed by atoms with Crippen molar-refractivity contribution in [3.05, 3.63) is 24.0 Å². The minimum Gasteiger partial charge on any atom is -0.515 e. The van der Waals surface area contributed by atoms with Crippen LogP contribution in [0.2, 0.25) is 0 Å². The number of fused-ring (bicyclic) bond motifs is 1. The van der Waals surface area contributed by atoms with Crippen LogP contribution < -0.4 is 0 Å². The highest BCUT2D eigenvalue weighted by Gasteiger charge is 2.56. The summed E-state index contributed by atoms with van der Waals surface area (Å²) in [6, 6.07) is 0. The van der Waals surface area contributed by atoms with E-state index in [9.17, 15) is 9.90 Å². The lowest BCUT2D eigenvalue weighted by Crippen LogP contribution is -2.50. The number of carbonyl (C=O) groups is 1. The van der Waals surface area contributed by atoms with E-state index < -0.39 is 5.41 Å². The fourth-order valence-corrected chi connectivity index (χ4v) is 4.36. The van der Waals surface area contributed by atoms with Crippen molar-refractivity contribution in [1.29, 1.82) is 0 Å². The lowest BCUT2D eigenvalue weighted by molar-refractivity contribution is -0.165. The number of aliphatic hydroxyl groups excluding tert-OH is 1. The zero-order valence-corrected chi connectivity index (χ0v) is 13.7. The molecular weight excluding hydrogens is 280 g/mol. The Balaban J connectivity index is 1.89. The van der Waals surface area contributed by atoms with Gasteiger partial charge in [0.2, 0.25) is 0 Å². The highest BCUT2D eigenvalue weighted by molar-refractivity contribution is 6.01. The van der Waals surface area contributed by atoms with Gasteiger partial charge in [-0.05, 0) is 39.0 Å². The second-order valence-corrected chi connectivity index (χ2v) is 7.38. The molecule has 0 unspecified atom stereocenters. The molecule has 0 aromatic rings. The molecule has 6 atom stereocenters. The molecule has 122 valence electrons. The molecule has 2 aliphatic heterocycles. The Hall–Kier alpha value is -1.13. The predicted octanol–water partition coefficient (Wildman–Crippen LogP) is 3.39. The van der Waals surface area contributed by atoms with Crippen molar-refractivity contribution in [1.82, 2.24) is 0 Å². The third-order valence-corrected chi connectivity index (χ3v) is 6.11. The second-order valence-electron chi connectivity index (χ2n) is 7.38. The van der Waals surface area contributed by atoms with Gasteiger partial charge in [-0.25, -0.2) is 0 Å². The maximum Gasteiger partial charge on any atom is 0.171 e. The van der Waals surface area contributed by atoms with Crippen molar-refractivity contribution in [3.8, 4) is 0 Å². The normalized spacial score (nSPS) is 47.0. The van der Waals surface area contributed by atoms with Crippen LogP contribution in [0.5, 0.6) is 0 Å². The first-order valence-electron chi connectivity index (χ1n) is 8.21. The molecule has 0 spiro atoms. The molecule has 4 heteroatoms. The number of hydrogen-bond donors (Lipinski definition) is 1. The van der Waals surface area contributed by atoms with Crippen LogP contribution in [0.3, 0.4) is 0 Å². The van der Waals surface area contributed by atoms with E-state index in [0.29, 0.717) is 11.5 Å². The number of hydrogen-bond acceptors (Lipinski definition) is 4. The van der Waals surface area contributed by atoms with E-state index in [0.717, 1.165) is 37.7 Å². The number of aliphatic hydroxyl groups is 1. The van der Waals surface area contributed by atoms with Crippen LogP contribution >= 0.6 is 0 Å². The number of allylic oxidation sites excluding steroid dienone is 2. The lowest BCUT2D eigenvalue weighted by atomic mass is 9.58. The van der Waals surface area contributed by atoms with Crippen molar-refractivity contribution in [2.24, 2.45) is 23.2 Å². The van der Waals surface area contributed by atoms with Gasteiger partial charge in [0.25, 0.3) is 0 Å². The molecule has 4 nitrogen and oxygen atoms in total. The Kier molecular flexibility index (Phi) is 3.94. The van der Waals surface area contributed by atoms with Gasteiger partial charge in [-0.15, -0.1) is 0 Å². The van der Waals surface area contributed by atoms with Crippen LogP contribution in [0.4, 0.5) is 0 Å². The molecule has 0 amide bonds. The molecule has 0 aromatic carbocycles. The van der Waals surface area contributed by atoms with E-state index >= 15 is 0 Å². The standard InChI is InChI=1S/C18H26O4/c1-10(2)13-7-11(3)18(4,16(20)14(13)9-19)15-8-12-5-6-21-17(12)22-15/h9,11-13,15,17,19H,1,5-8H2,2-4H3/b14-9-/t11-,12+,13+,15-,17-,18-/m1/s1. The van der Waals surface area contributed by atoms with E-state index in [-0.39, 0.29) is 30.0 Å². The lowest BCUT2D eigenvalue weighted by Gasteiger charge is -2.45. The van der Waals surface area contributed by atoms with Crippen LogP contribution in [0.25, 0.3) is 0 Å². The molecule has 22 heavy (non-hydrogen) atoms. The summed E-state index contributed by atoms with van der Waals surface area (Å²) in [4.78, 5) is 13.1. The van der Waals surface area contributed by atoms with Crippen LogP contribution in [0.1, 0.15) is 40.0 Å². The number of rotatable bonds is 2. The van der Waals surface area contributed by atoms with Gasteiger partial charge >= 0.3 is 0 Å². The van der Waals surface area contributed by atoms with E-state index in [1.54, 1.807) is 0 Å². The van der Waals surface area contributed by atoms with Gasteiger partial charge < -0.3 is 14.6 Å². The van der Waals surface area contributed by atoms with Gasteiger partial charge in [-0.1, -0.05) is 19.1 Å². The summed E-state index contributed by atoms with van der Waals surface area (Å²) in [5.41, 5.74) is 0.804. The van der Waals surface area contributed by atoms with Crippen molar-refractivity contribution in [3.63, 3.8) is 0 Å². The summed E-state index contributed by atoms with van der Waals surface area (Å²) < 4.78 is 11.7. The van der Waals surface area contributed by atoms with E-state index in [4.69, 9.17) is 9.47 Å². The first-order chi connectivity index (χ1) is 10.4.